The lowest BCUT2D eigenvalue weighted by Gasteiger charge is -2.06. The molecular weight excluding hydrogens is 219 g/mol. The van der Waals surface area contributed by atoms with Gasteiger partial charge in [-0.15, -0.1) is 0 Å². The molecule has 0 radical (unpaired) electrons. The van der Waals surface area contributed by atoms with Crippen LogP contribution in [0, 0.1) is 5.82 Å². The van der Waals surface area contributed by atoms with E-state index in [2.05, 4.69) is 5.32 Å². The fraction of sp³-hybridized carbons (Fsp3) is 0.308. The van der Waals surface area contributed by atoms with Gasteiger partial charge in [-0.2, -0.15) is 0 Å². The van der Waals surface area contributed by atoms with E-state index in [-0.39, 0.29) is 18.3 Å². The molecule has 1 aromatic heterocycles. The van der Waals surface area contributed by atoms with Crippen LogP contribution in [0.3, 0.4) is 0 Å². The maximum Gasteiger partial charge on any atom is 0.239 e. The fourth-order valence-electron chi connectivity index (χ4n) is 1.80. The van der Waals surface area contributed by atoms with Crippen LogP contribution in [0.1, 0.15) is 13.3 Å². The van der Waals surface area contributed by atoms with Crippen molar-refractivity contribution in [1.29, 1.82) is 0 Å². The maximum atomic E-state index is 13.4. The van der Waals surface area contributed by atoms with Gasteiger partial charge >= 0.3 is 0 Å². The second-order valence-electron chi connectivity index (χ2n) is 3.97. The number of nitrogens with one attached hydrogen (secondary N) is 1. The van der Waals surface area contributed by atoms with Gasteiger partial charge < -0.3 is 9.88 Å². The Hall–Kier alpha value is -1.84. The summed E-state index contributed by atoms with van der Waals surface area (Å²) >= 11 is 0. The molecule has 2 aromatic rings. The molecule has 0 aliphatic heterocycles. The van der Waals surface area contributed by atoms with Crippen molar-refractivity contribution in [3.05, 3.63) is 36.3 Å². The summed E-state index contributed by atoms with van der Waals surface area (Å²) in [6, 6.07) is 6.57. The highest BCUT2D eigenvalue weighted by Crippen LogP contribution is 2.18. The summed E-state index contributed by atoms with van der Waals surface area (Å²) in [6.45, 7) is 2.90. The van der Waals surface area contributed by atoms with Crippen LogP contribution in [0.25, 0.3) is 10.9 Å². The number of fused-ring (bicyclic) bond motifs is 1. The molecule has 3 nitrogen and oxygen atoms in total. The number of nitrogens with zero attached hydrogens (tertiary/aromatic N) is 1. The van der Waals surface area contributed by atoms with Gasteiger partial charge in [0, 0.05) is 18.1 Å². The lowest BCUT2D eigenvalue weighted by molar-refractivity contribution is -0.121. The first-order valence-electron chi connectivity index (χ1n) is 5.72. The fourth-order valence-corrected chi connectivity index (χ4v) is 1.80. The number of carbonyl (C=O) groups is 1. The highest BCUT2D eigenvalue weighted by molar-refractivity contribution is 5.83. The molecule has 0 unspecified atom stereocenters. The molecule has 4 heteroatoms. The van der Waals surface area contributed by atoms with Crippen LogP contribution < -0.4 is 5.32 Å². The number of aromatic nitrogens is 1. The van der Waals surface area contributed by atoms with E-state index in [0.29, 0.717) is 11.9 Å². The second kappa shape index (κ2) is 4.99. The summed E-state index contributed by atoms with van der Waals surface area (Å²) in [4.78, 5) is 11.6. The number of hydrogen-bond acceptors (Lipinski definition) is 1. The first-order chi connectivity index (χ1) is 8.22. The standard InChI is InChI=1S/C13H15FN2O/c1-2-7-15-13(17)9-16-8-6-10-11(14)4-3-5-12(10)16/h3-6,8H,2,7,9H2,1H3,(H,15,17). The van der Waals surface area contributed by atoms with Gasteiger partial charge in [-0.1, -0.05) is 13.0 Å². The van der Waals surface area contributed by atoms with Gasteiger partial charge in [0.25, 0.3) is 0 Å². The zero-order valence-electron chi connectivity index (χ0n) is 9.74. The largest absolute Gasteiger partial charge is 0.355 e. The van der Waals surface area contributed by atoms with Crippen LogP contribution in [0.5, 0.6) is 0 Å². The molecule has 17 heavy (non-hydrogen) atoms. The van der Waals surface area contributed by atoms with Crippen molar-refractivity contribution in [2.45, 2.75) is 19.9 Å². The predicted octanol–water partition coefficient (Wildman–Crippen LogP) is 2.31. The summed E-state index contributed by atoms with van der Waals surface area (Å²) in [7, 11) is 0. The van der Waals surface area contributed by atoms with Crippen molar-refractivity contribution in [3.63, 3.8) is 0 Å². The Bertz CT molecular complexity index is 533. The molecule has 2 rings (SSSR count). The van der Waals surface area contributed by atoms with Gasteiger partial charge in [0.1, 0.15) is 12.4 Å². The monoisotopic (exact) mass is 234 g/mol. The first kappa shape index (κ1) is 11.6. The number of benzene rings is 1. The van der Waals surface area contributed by atoms with E-state index in [1.54, 1.807) is 22.9 Å². The zero-order valence-corrected chi connectivity index (χ0v) is 9.74. The van der Waals surface area contributed by atoms with E-state index >= 15 is 0 Å². The Balaban J connectivity index is 2.19. The molecule has 0 aliphatic rings. The van der Waals surface area contributed by atoms with Gasteiger partial charge in [-0.25, -0.2) is 4.39 Å². The van der Waals surface area contributed by atoms with E-state index in [1.807, 2.05) is 13.0 Å². The summed E-state index contributed by atoms with van der Waals surface area (Å²) < 4.78 is 15.2. The van der Waals surface area contributed by atoms with Crippen molar-refractivity contribution >= 4 is 16.8 Å². The van der Waals surface area contributed by atoms with E-state index in [9.17, 15) is 9.18 Å². The van der Waals surface area contributed by atoms with Crippen molar-refractivity contribution in [3.8, 4) is 0 Å². The third kappa shape index (κ3) is 2.46. The number of carbonyl (C=O) groups excluding carboxylic acids is 1. The molecule has 1 N–H and O–H groups in total. The van der Waals surface area contributed by atoms with Crippen LogP contribution in [-0.4, -0.2) is 17.0 Å². The molecule has 0 spiro atoms. The summed E-state index contributed by atoms with van der Waals surface area (Å²) in [5, 5.41) is 3.35. The molecule has 90 valence electrons. The molecule has 0 fully saturated rings. The van der Waals surface area contributed by atoms with Gasteiger partial charge in [-0.05, 0) is 24.6 Å². The highest BCUT2D eigenvalue weighted by Gasteiger charge is 2.07. The van der Waals surface area contributed by atoms with E-state index in [4.69, 9.17) is 0 Å². The topological polar surface area (TPSA) is 34.0 Å². The van der Waals surface area contributed by atoms with Crippen LogP contribution in [0.4, 0.5) is 4.39 Å². The van der Waals surface area contributed by atoms with Crippen LogP contribution in [0.15, 0.2) is 30.5 Å². The van der Waals surface area contributed by atoms with Gasteiger partial charge in [0.05, 0.1) is 5.52 Å². The average Bonchev–Trinajstić information content (AvgIpc) is 2.71. The average molecular weight is 234 g/mol. The lowest BCUT2D eigenvalue weighted by Crippen LogP contribution is -2.27. The molecule has 0 aliphatic carbocycles. The third-order valence-corrected chi connectivity index (χ3v) is 2.65. The Kier molecular flexibility index (Phi) is 3.42. The quantitative estimate of drug-likeness (QED) is 0.865. The van der Waals surface area contributed by atoms with Crippen LogP contribution in [-0.2, 0) is 11.3 Å². The zero-order chi connectivity index (χ0) is 12.3. The minimum Gasteiger partial charge on any atom is -0.355 e. The SMILES string of the molecule is CCCNC(=O)Cn1ccc2c(F)cccc21. The second-order valence-corrected chi connectivity index (χ2v) is 3.97. The van der Waals surface area contributed by atoms with Crippen molar-refractivity contribution in [1.82, 2.24) is 9.88 Å². The van der Waals surface area contributed by atoms with Gasteiger partial charge in [0.15, 0.2) is 0 Å². The number of rotatable bonds is 4. The van der Waals surface area contributed by atoms with Crippen LogP contribution in [0.2, 0.25) is 0 Å². The molecule has 0 saturated heterocycles. The normalized spacial score (nSPS) is 10.7. The van der Waals surface area contributed by atoms with Crippen LogP contribution >= 0.6 is 0 Å². The molecule has 1 heterocycles. The Morgan fingerprint density at radius 3 is 3.00 bits per heavy atom. The lowest BCUT2D eigenvalue weighted by atomic mass is 10.2. The third-order valence-electron chi connectivity index (χ3n) is 2.65. The summed E-state index contributed by atoms with van der Waals surface area (Å²) in [5.74, 6) is -0.302. The van der Waals surface area contributed by atoms with Gasteiger partial charge in [0.2, 0.25) is 5.91 Å². The molecule has 1 aromatic carbocycles. The highest BCUT2D eigenvalue weighted by atomic mass is 19.1. The van der Waals surface area contributed by atoms with Crippen molar-refractivity contribution in [2.24, 2.45) is 0 Å². The molecule has 0 atom stereocenters. The summed E-state index contributed by atoms with van der Waals surface area (Å²) in [5.41, 5.74) is 0.747. The van der Waals surface area contributed by atoms with Crippen molar-refractivity contribution in [2.75, 3.05) is 6.54 Å². The number of halogens is 1. The molecule has 0 saturated carbocycles. The Labute approximate surface area is 99.2 Å². The van der Waals surface area contributed by atoms with E-state index in [0.717, 1.165) is 11.9 Å². The first-order valence-corrected chi connectivity index (χ1v) is 5.72. The maximum absolute atomic E-state index is 13.4. The summed E-state index contributed by atoms with van der Waals surface area (Å²) in [6.07, 6.45) is 2.64. The number of hydrogen-bond donors (Lipinski definition) is 1. The van der Waals surface area contributed by atoms with E-state index in [1.165, 1.54) is 6.07 Å². The van der Waals surface area contributed by atoms with Gasteiger partial charge in [-0.3, -0.25) is 4.79 Å². The Morgan fingerprint density at radius 1 is 1.41 bits per heavy atom. The number of amides is 1. The van der Waals surface area contributed by atoms with E-state index < -0.39 is 0 Å². The van der Waals surface area contributed by atoms with Crippen molar-refractivity contribution < 1.29 is 9.18 Å². The Morgan fingerprint density at radius 2 is 2.24 bits per heavy atom. The minimum absolute atomic E-state index is 0.0476. The molecular formula is C13H15FN2O. The molecule has 0 bridgehead atoms. The smallest absolute Gasteiger partial charge is 0.239 e. The minimum atomic E-state index is -0.254. The predicted molar refractivity (Wildman–Crippen MR) is 65.2 cm³/mol. The molecule has 1 amide bonds.